The summed E-state index contributed by atoms with van der Waals surface area (Å²) in [6.07, 6.45) is -0.671. The Bertz CT molecular complexity index is 1130. The van der Waals surface area contributed by atoms with Gasteiger partial charge in [0.1, 0.15) is 18.5 Å². The lowest BCUT2D eigenvalue weighted by molar-refractivity contribution is -0.124. The molecule has 7 nitrogen and oxygen atoms in total. The molecule has 0 saturated carbocycles. The summed E-state index contributed by atoms with van der Waals surface area (Å²) in [5.41, 5.74) is 2.84. The van der Waals surface area contributed by atoms with E-state index in [9.17, 15) is 14.7 Å². The maximum absolute atomic E-state index is 11.4. The number of β-amino-alcohol motifs (C(OH)–C–C–N with tert-alkyl or cyclic N) is 1. The van der Waals surface area contributed by atoms with E-state index >= 15 is 0 Å². The fraction of sp³-hybridized carbons (Fsp3) is 0.280. The van der Waals surface area contributed by atoms with Crippen LogP contribution in [-0.4, -0.2) is 60.7 Å². The largest absolute Gasteiger partial charge is 0.491 e. The molecular formula is C25H27N3O4. The Morgan fingerprint density at radius 3 is 2.72 bits per heavy atom. The summed E-state index contributed by atoms with van der Waals surface area (Å²) in [6.45, 7) is 3.71. The molecule has 4 rings (SSSR count). The lowest BCUT2D eigenvalue weighted by Gasteiger charge is -2.28. The molecule has 0 bridgehead atoms. The maximum Gasteiger partial charge on any atom is 0.234 e. The normalized spacial score (nSPS) is 15.2. The van der Waals surface area contributed by atoms with Gasteiger partial charge in [-0.3, -0.25) is 14.5 Å². The third-order valence-corrected chi connectivity index (χ3v) is 5.36. The molecule has 1 aliphatic heterocycles. The van der Waals surface area contributed by atoms with Gasteiger partial charge in [0, 0.05) is 32.2 Å². The standard InChI is InChI=1S/C25H27N3O4/c1-17(29)27-22-4-2-3-18(12-22)19-5-6-21-13-24(8-7-20(21)11-19)32-16-23(30)14-28-10-9-26-25(31)15-28/h2-8,11-13,23,30H,9-10,14-16H2,1H3,(H,26,31)(H,27,29). The summed E-state index contributed by atoms with van der Waals surface area (Å²) in [5, 5.41) is 18.0. The second kappa shape index (κ2) is 9.80. The molecule has 3 aromatic rings. The average molecular weight is 434 g/mol. The van der Waals surface area contributed by atoms with E-state index in [1.165, 1.54) is 6.92 Å². The lowest BCUT2D eigenvalue weighted by Crippen LogP contribution is -2.50. The van der Waals surface area contributed by atoms with Gasteiger partial charge < -0.3 is 20.5 Å². The molecule has 1 heterocycles. The van der Waals surface area contributed by atoms with Gasteiger partial charge in [-0.15, -0.1) is 0 Å². The Kier molecular flexibility index (Phi) is 6.68. The fourth-order valence-corrected chi connectivity index (χ4v) is 3.86. The number of hydrogen-bond donors (Lipinski definition) is 3. The maximum atomic E-state index is 11.4. The molecular weight excluding hydrogens is 406 g/mol. The summed E-state index contributed by atoms with van der Waals surface area (Å²) >= 11 is 0. The molecule has 2 amide bonds. The monoisotopic (exact) mass is 433 g/mol. The van der Waals surface area contributed by atoms with Crippen molar-refractivity contribution in [2.75, 3.05) is 38.1 Å². The Balaban J connectivity index is 1.40. The predicted octanol–water partition coefficient (Wildman–Crippen LogP) is 2.64. The first-order valence-corrected chi connectivity index (χ1v) is 10.7. The van der Waals surface area contributed by atoms with Crippen LogP contribution in [0.5, 0.6) is 5.75 Å². The zero-order valence-electron chi connectivity index (χ0n) is 18.0. The summed E-state index contributed by atoms with van der Waals surface area (Å²) in [5.74, 6) is 0.577. The van der Waals surface area contributed by atoms with Crippen LogP contribution in [0, 0.1) is 0 Å². The van der Waals surface area contributed by atoms with E-state index in [1.807, 2.05) is 59.5 Å². The average Bonchev–Trinajstić information content (AvgIpc) is 2.77. The zero-order valence-corrected chi connectivity index (χ0v) is 18.0. The molecule has 3 aromatic carbocycles. The topological polar surface area (TPSA) is 90.9 Å². The number of fused-ring (bicyclic) bond motifs is 1. The van der Waals surface area contributed by atoms with Crippen LogP contribution in [0.3, 0.4) is 0 Å². The number of aliphatic hydroxyl groups is 1. The fourth-order valence-electron chi connectivity index (χ4n) is 3.86. The minimum atomic E-state index is -0.671. The van der Waals surface area contributed by atoms with E-state index < -0.39 is 6.10 Å². The van der Waals surface area contributed by atoms with Gasteiger partial charge in [0.2, 0.25) is 11.8 Å². The van der Waals surface area contributed by atoms with Crippen molar-refractivity contribution in [3.8, 4) is 16.9 Å². The van der Waals surface area contributed by atoms with E-state index in [1.54, 1.807) is 0 Å². The Morgan fingerprint density at radius 2 is 1.91 bits per heavy atom. The van der Waals surface area contributed by atoms with Crippen molar-refractivity contribution in [3.63, 3.8) is 0 Å². The molecule has 166 valence electrons. The number of piperazine rings is 1. The van der Waals surface area contributed by atoms with E-state index in [4.69, 9.17) is 4.74 Å². The van der Waals surface area contributed by atoms with Crippen LogP contribution in [0.4, 0.5) is 5.69 Å². The van der Waals surface area contributed by atoms with Gasteiger partial charge in [0.25, 0.3) is 0 Å². The number of rotatable bonds is 7. The first-order chi connectivity index (χ1) is 15.5. The SMILES string of the molecule is CC(=O)Nc1cccc(-c2ccc3cc(OCC(O)CN4CCNC(=O)C4)ccc3c2)c1. The highest BCUT2D eigenvalue weighted by Gasteiger charge is 2.19. The van der Waals surface area contributed by atoms with Gasteiger partial charge in [-0.1, -0.05) is 30.3 Å². The smallest absolute Gasteiger partial charge is 0.234 e. The van der Waals surface area contributed by atoms with Gasteiger partial charge in [-0.05, 0) is 52.2 Å². The zero-order chi connectivity index (χ0) is 22.5. The molecule has 1 saturated heterocycles. The van der Waals surface area contributed by atoms with Gasteiger partial charge >= 0.3 is 0 Å². The van der Waals surface area contributed by atoms with Crippen LogP contribution >= 0.6 is 0 Å². The van der Waals surface area contributed by atoms with Crippen LogP contribution in [0.25, 0.3) is 21.9 Å². The van der Waals surface area contributed by atoms with Crippen molar-refractivity contribution in [2.45, 2.75) is 13.0 Å². The van der Waals surface area contributed by atoms with E-state index in [-0.39, 0.29) is 18.4 Å². The van der Waals surface area contributed by atoms with Crippen molar-refractivity contribution < 1.29 is 19.4 Å². The number of amides is 2. The molecule has 32 heavy (non-hydrogen) atoms. The summed E-state index contributed by atoms with van der Waals surface area (Å²) in [6, 6.07) is 19.8. The molecule has 7 heteroatoms. The highest BCUT2D eigenvalue weighted by molar-refractivity contribution is 5.91. The number of aliphatic hydroxyl groups excluding tert-OH is 1. The van der Waals surface area contributed by atoms with Crippen LogP contribution in [-0.2, 0) is 9.59 Å². The first kappa shape index (κ1) is 21.8. The molecule has 0 aliphatic carbocycles. The highest BCUT2D eigenvalue weighted by Crippen LogP contribution is 2.28. The van der Waals surface area contributed by atoms with Gasteiger partial charge in [-0.25, -0.2) is 0 Å². The first-order valence-electron chi connectivity index (χ1n) is 10.7. The summed E-state index contributed by atoms with van der Waals surface area (Å²) in [7, 11) is 0. The number of ether oxygens (including phenoxy) is 1. The Hall–Kier alpha value is -3.42. The van der Waals surface area contributed by atoms with Crippen LogP contribution < -0.4 is 15.4 Å². The van der Waals surface area contributed by atoms with Gasteiger partial charge in [0.15, 0.2) is 0 Å². The van der Waals surface area contributed by atoms with Gasteiger partial charge in [-0.2, -0.15) is 0 Å². The number of anilines is 1. The highest BCUT2D eigenvalue weighted by atomic mass is 16.5. The third kappa shape index (κ3) is 5.63. The van der Waals surface area contributed by atoms with Crippen LogP contribution in [0.2, 0.25) is 0 Å². The van der Waals surface area contributed by atoms with Crippen LogP contribution in [0.1, 0.15) is 6.92 Å². The van der Waals surface area contributed by atoms with Crippen molar-refractivity contribution in [1.82, 2.24) is 10.2 Å². The number of nitrogens with one attached hydrogen (secondary N) is 2. The second-order valence-electron chi connectivity index (χ2n) is 8.04. The Morgan fingerprint density at radius 1 is 1.12 bits per heavy atom. The summed E-state index contributed by atoms with van der Waals surface area (Å²) < 4.78 is 5.79. The quantitative estimate of drug-likeness (QED) is 0.533. The molecule has 3 N–H and O–H groups in total. The van der Waals surface area contributed by atoms with E-state index in [0.717, 1.165) is 34.1 Å². The molecule has 1 atom stereocenters. The summed E-state index contributed by atoms with van der Waals surface area (Å²) in [4.78, 5) is 24.7. The number of carbonyl (C=O) groups is 2. The minimum Gasteiger partial charge on any atom is -0.491 e. The van der Waals surface area contributed by atoms with E-state index in [2.05, 4.69) is 16.7 Å². The van der Waals surface area contributed by atoms with Crippen molar-refractivity contribution >= 4 is 28.3 Å². The molecule has 1 fully saturated rings. The molecule has 0 radical (unpaired) electrons. The third-order valence-electron chi connectivity index (χ3n) is 5.36. The van der Waals surface area contributed by atoms with Crippen molar-refractivity contribution in [2.24, 2.45) is 0 Å². The number of nitrogens with zero attached hydrogens (tertiary/aromatic N) is 1. The van der Waals surface area contributed by atoms with Crippen molar-refractivity contribution in [3.05, 3.63) is 60.7 Å². The molecule has 1 unspecified atom stereocenters. The predicted molar refractivity (Wildman–Crippen MR) is 125 cm³/mol. The van der Waals surface area contributed by atoms with Crippen molar-refractivity contribution in [1.29, 1.82) is 0 Å². The molecule has 0 spiro atoms. The Labute approximate surface area is 187 Å². The number of carbonyl (C=O) groups excluding carboxylic acids is 2. The number of benzene rings is 3. The molecule has 1 aliphatic rings. The van der Waals surface area contributed by atoms with E-state index in [0.29, 0.717) is 25.4 Å². The van der Waals surface area contributed by atoms with Crippen LogP contribution in [0.15, 0.2) is 60.7 Å². The van der Waals surface area contributed by atoms with Gasteiger partial charge in [0.05, 0.1) is 6.54 Å². The number of hydrogen-bond acceptors (Lipinski definition) is 5. The molecule has 0 aromatic heterocycles. The minimum absolute atomic E-state index is 0.0138. The lowest BCUT2D eigenvalue weighted by atomic mass is 10.0. The second-order valence-corrected chi connectivity index (χ2v) is 8.04.